The quantitative estimate of drug-likeness (QED) is 0.767. The maximum Gasteiger partial charge on any atom is 0.340 e. The number of aromatic nitrogens is 1. The maximum absolute atomic E-state index is 11.6. The van der Waals surface area contributed by atoms with Crippen LogP contribution in [-0.2, 0) is 11.3 Å². The second kappa shape index (κ2) is 4.49. The fourth-order valence-electron chi connectivity index (χ4n) is 1.19. The smallest absolute Gasteiger partial charge is 0.340 e. The molecule has 0 aliphatic rings. The third-order valence-electron chi connectivity index (χ3n) is 1.77. The number of carbonyl (C=O) groups is 1. The highest BCUT2D eigenvalue weighted by Crippen LogP contribution is 2.12. The van der Waals surface area contributed by atoms with E-state index in [1.165, 1.54) is 0 Å². The number of nitrogens with zero attached hydrogens (tertiary/aromatic N) is 1. The molecule has 0 saturated heterocycles. The Kier molecular flexibility index (Phi) is 3.52. The number of rotatable bonds is 3. The average Bonchev–Trinajstić information content (AvgIpc) is 2.50. The third-order valence-corrected chi connectivity index (χ3v) is 1.77. The van der Waals surface area contributed by atoms with E-state index < -0.39 is 5.60 Å². The molecular weight excluding hydrogens is 192 g/mol. The summed E-state index contributed by atoms with van der Waals surface area (Å²) >= 11 is 0. The monoisotopic (exact) mass is 210 g/mol. The van der Waals surface area contributed by atoms with Gasteiger partial charge < -0.3 is 15.0 Å². The fourth-order valence-corrected chi connectivity index (χ4v) is 1.19. The van der Waals surface area contributed by atoms with E-state index in [1.54, 1.807) is 12.3 Å². The minimum Gasteiger partial charge on any atom is -0.456 e. The van der Waals surface area contributed by atoms with E-state index in [1.807, 2.05) is 31.5 Å². The van der Waals surface area contributed by atoms with Crippen molar-refractivity contribution >= 4 is 5.97 Å². The topological polar surface area (TPSA) is 57.2 Å². The van der Waals surface area contributed by atoms with Gasteiger partial charge >= 0.3 is 5.97 Å². The van der Waals surface area contributed by atoms with E-state index in [0.29, 0.717) is 18.7 Å². The highest BCUT2D eigenvalue weighted by atomic mass is 16.6. The van der Waals surface area contributed by atoms with Crippen LogP contribution in [-0.4, -0.2) is 22.7 Å². The molecule has 1 rings (SSSR count). The first kappa shape index (κ1) is 11.8. The molecule has 0 aliphatic carbocycles. The molecule has 1 aromatic heterocycles. The Morgan fingerprint density at radius 2 is 2.20 bits per heavy atom. The highest BCUT2D eigenvalue weighted by Gasteiger charge is 2.18. The van der Waals surface area contributed by atoms with Crippen molar-refractivity contribution in [2.75, 3.05) is 6.54 Å². The summed E-state index contributed by atoms with van der Waals surface area (Å²) in [5.74, 6) is -0.293. The van der Waals surface area contributed by atoms with E-state index in [9.17, 15) is 4.79 Å². The van der Waals surface area contributed by atoms with Gasteiger partial charge in [-0.25, -0.2) is 4.79 Å². The SMILES string of the molecule is CC(C)(C)OC(=O)c1ccn(CCN)c1. The van der Waals surface area contributed by atoms with Crippen LogP contribution < -0.4 is 5.73 Å². The predicted molar refractivity (Wildman–Crippen MR) is 58.7 cm³/mol. The van der Waals surface area contributed by atoms with Gasteiger partial charge in [-0.2, -0.15) is 0 Å². The van der Waals surface area contributed by atoms with Crippen molar-refractivity contribution in [2.24, 2.45) is 5.73 Å². The molecule has 0 amide bonds. The van der Waals surface area contributed by atoms with Gasteiger partial charge in [0.15, 0.2) is 0 Å². The van der Waals surface area contributed by atoms with Crippen LogP contribution in [0.2, 0.25) is 0 Å². The number of ether oxygens (including phenoxy) is 1. The molecule has 15 heavy (non-hydrogen) atoms. The lowest BCUT2D eigenvalue weighted by Crippen LogP contribution is -2.23. The first-order valence-electron chi connectivity index (χ1n) is 5.01. The molecule has 1 heterocycles. The molecule has 84 valence electrons. The molecular formula is C11H18N2O2. The number of hydrogen-bond acceptors (Lipinski definition) is 3. The zero-order chi connectivity index (χ0) is 11.5. The van der Waals surface area contributed by atoms with Crippen LogP contribution >= 0.6 is 0 Å². The largest absolute Gasteiger partial charge is 0.456 e. The predicted octanol–water partition coefficient (Wildman–Crippen LogP) is 1.40. The lowest BCUT2D eigenvalue weighted by Gasteiger charge is -2.18. The molecule has 0 unspecified atom stereocenters. The highest BCUT2D eigenvalue weighted by molar-refractivity contribution is 5.89. The Hall–Kier alpha value is -1.29. The molecule has 0 aromatic carbocycles. The zero-order valence-corrected chi connectivity index (χ0v) is 9.49. The van der Waals surface area contributed by atoms with Crippen LogP contribution in [0.3, 0.4) is 0 Å². The van der Waals surface area contributed by atoms with E-state index >= 15 is 0 Å². The van der Waals surface area contributed by atoms with Crippen LogP contribution in [0.15, 0.2) is 18.5 Å². The Balaban J connectivity index is 2.66. The van der Waals surface area contributed by atoms with Crippen molar-refractivity contribution in [3.05, 3.63) is 24.0 Å². The van der Waals surface area contributed by atoms with Gasteiger partial charge in [0.25, 0.3) is 0 Å². The van der Waals surface area contributed by atoms with Crippen LogP contribution in [0.5, 0.6) is 0 Å². The van der Waals surface area contributed by atoms with Gasteiger partial charge in [-0.1, -0.05) is 0 Å². The summed E-state index contributed by atoms with van der Waals surface area (Å²) in [4.78, 5) is 11.6. The number of carbonyl (C=O) groups excluding carboxylic acids is 1. The van der Waals surface area contributed by atoms with Gasteiger partial charge in [0.1, 0.15) is 5.60 Å². The minimum atomic E-state index is -0.451. The van der Waals surface area contributed by atoms with Gasteiger partial charge in [0, 0.05) is 25.5 Å². The van der Waals surface area contributed by atoms with E-state index in [4.69, 9.17) is 10.5 Å². The van der Waals surface area contributed by atoms with Crippen molar-refractivity contribution < 1.29 is 9.53 Å². The summed E-state index contributed by atoms with van der Waals surface area (Å²) in [6.07, 6.45) is 3.58. The molecule has 0 fully saturated rings. The third kappa shape index (κ3) is 3.75. The lowest BCUT2D eigenvalue weighted by molar-refractivity contribution is 0.00695. The number of hydrogen-bond donors (Lipinski definition) is 1. The fraction of sp³-hybridized carbons (Fsp3) is 0.545. The molecule has 0 saturated carbocycles. The van der Waals surface area contributed by atoms with E-state index in [2.05, 4.69) is 0 Å². The first-order chi connectivity index (χ1) is 6.92. The van der Waals surface area contributed by atoms with Crippen molar-refractivity contribution in [1.29, 1.82) is 0 Å². The molecule has 2 N–H and O–H groups in total. The first-order valence-corrected chi connectivity index (χ1v) is 5.01. The molecule has 0 radical (unpaired) electrons. The Morgan fingerprint density at radius 1 is 1.53 bits per heavy atom. The average molecular weight is 210 g/mol. The van der Waals surface area contributed by atoms with Crippen LogP contribution in [0.1, 0.15) is 31.1 Å². The van der Waals surface area contributed by atoms with Crippen LogP contribution in [0, 0.1) is 0 Å². The molecule has 4 nitrogen and oxygen atoms in total. The van der Waals surface area contributed by atoms with E-state index in [0.717, 1.165) is 0 Å². The number of esters is 1. The standard InChI is InChI=1S/C11H18N2O2/c1-11(2,3)15-10(14)9-4-6-13(8-9)7-5-12/h4,6,8H,5,7,12H2,1-3H3. The second-order valence-corrected chi connectivity index (χ2v) is 4.43. The molecule has 0 bridgehead atoms. The van der Waals surface area contributed by atoms with Gasteiger partial charge in [0.2, 0.25) is 0 Å². The molecule has 0 aliphatic heterocycles. The summed E-state index contributed by atoms with van der Waals surface area (Å²) in [5, 5.41) is 0. The maximum atomic E-state index is 11.6. The molecule has 0 spiro atoms. The van der Waals surface area contributed by atoms with Gasteiger partial charge in [-0.3, -0.25) is 0 Å². The van der Waals surface area contributed by atoms with Gasteiger partial charge in [-0.15, -0.1) is 0 Å². The van der Waals surface area contributed by atoms with Crippen molar-refractivity contribution in [1.82, 2.24) is 4.57 Å². The molecule has 0 atom stereocenters. The normalized spacial score (nSPS) is 11.5. The summed E-state index contributed by atoms with van der Waals surface area (Å²) < 4.78 is 7.11. The minimum absolute atomic E-state index is 0.293. The van der Waals surface area contributed by atoms with Crippen molar-refractivity contribution in [3.63, 3.8) is 0 Å². The summed E-state index contributed by atoms with van der Waals surface area (Å²) in [6, 6.07) is 1.74. The zero-order valence-electron chi connectivity index (χ0n) is 9.49. The Labute approximate surface area is 90.0 Å². The van der Waals surface area contributed by atoms with E-state index in [-0.39, 0.29) is 5.97 Å². The second-order valence-electron chi connectivity index (χ2n) is 4.43. The molecule has 1 aromatic rings. The summed E-state index contributed by atoms with van der Waals surface area (Å²) in [7, 11) is 0. The van der Waals surface area contributed by atoms with Gasteiger partial charge in [-0.05, 0) is 26.8 Å². The Bertz CT molecular complexity index is 337. The van der Waals surface area contributed by atoms with Crippen LogP contribution in [0.25, 0.3) is 0 Å². The Morgan fingerprint density at radius 3 is 2.73 bits per heavy atom. The summed E-state index contributed by atoms with van der Waals surface area (Å²) in [5.41, 5.74) is 5.53. The van der Waals surface area contributed by atoms with Crippen LogP contribution in [0.4, 0.5) is 0 Å². The van der Waals surface area contributed by atoms with Gasteiger partial charge in [0.05, 0.1) is 5.56 Å². The lowest BCUT2D eigenvalue weighted by atomic mass is 10.2. The van der Waals surface area contributed by atoms with Crippen molar-refractivity contribution in [2.45, 2.75) is 32.9 Å². The number of nitrogens with two attached hydrogens (primary N) is 1. The summed E-state index contributed by atoms with van der Waals surface area (Å²) in [6.45, 7) is 6.82. The van der Waals surface area contributed by atoms with Crippen molar-refractivity contribution in [3.8, 4) is 0 Å². The molecule has 4 heteroatoms.